The van der Waals surface area contributed by atoms with Crippen LogP contribution in [0.3, 0.4) is 0 Å². The third-order valence-corrected chi connectivity index (χ3v) is 3.12. The lowest BCUT2D eigenvalue weighted by Crippen LogP contribution is -1.99. The molecule has 0 aliphatic carbocycles. The predicted molar refractivity (Wildman–Crippen MR) is 59.4 cm³/mol. The van der Waals surface area contributed by atoms with E-state index in [4.69, 9.17) is 0 Å². The molecule has 0 aromatic heterocycles. The van der Waals surface area contributed by atoms with E-state index < -0.39 is 0 Å². The van der Waals surface area contributed by atoms with Crippen LogP contribution in [0.2, 0.25) is 0 Å². The van der Waals surface area contributed by atoms with E-state index in [1.54, 1.807) is 5.56 Å². The van der Waals surface area contributed by atoms with Crippen LogP contribution < -0.4 is 0 Å². The number of benzene rings is 1. The zero-order chi connectivity index (χ0) is 10.0. The van der Waals surface area contributed by atoms with Gasteiger partial charge in [0.25, 0.3) is 0 Å². The van der Waals surface area contributed by atoms with Crippen molar-refractivity contribution in [2.45, 2.75) is 47.5 Å². The molecule has 13 heavy (non-hydrogen) atoms. The summed E-state index contributed by atoms with van der Waals surface area (Å²) in [5, 5.41) is 0. The summed E-state index contributed by atoms with van der Waals surface area (Å²) in [6.45, 7) is 11.2. The van der Waals surface area contributed by atoms with E-state index in [2.05, 4.69) is 40.7 Å². The average molecular weight is 176 g/mol. The smallest absolute Gasteiger partial charge is 0.0302 e. The SMILES string of the molecule is CCc1cc(C)c(C)c(C)c1CC. The summed E-state index contributed by atoms with van der Waals surface area (Å²) in [5.41, 5.74) is 7.49. The van der Waals surface area contributed by atoms with E-state index in [0.29, 0.717) is 0 Å². The van der Waals surface area contributed by atoms with Crippen LogP contribution in [0.15, 0.2) is 6.07 Å². The molecule has 0 bridgehead atoms. The summed E-state index contributed by atoms with van der Waals surface area (Å²) >= 11 is 0. The van der Waals surface area contributed by atoms with Gasteiger partial charge >= 0.3 is 0 Å². The molecule has 0 unspecified atom stereocenters. The Bertz CT molecular complexity index is 308. The number of hydrogen-bond acceptors (Lipinski definition) is 0. The lowest BCUT2D eigenvalue weighted by Gasteiger charge is -2.14. The minimum absolute atomic E-state index is 1.16. The normalized spacial score (nSPS) is 10.5. The van der Waals surface area contributed by atoms with Gasteiger partial charge in [-0.3, -0.25) is 0 Å². The number of aryl methyl sites for hydroxylation is 2. The molecular weight excluding hydrogens is 156 g/mol. The van der Waals surface area contributed by atoms with Gasteiger partial charge in [0, 0.05) is 0 Å². The Morgan fingerprint density at radius 3 is 2.00 bits per heavy atom. The molecule has 0 heterocycles. The van der Waals surface area contributed by atoms with Crippen molar-refractivity contribution in [3.8, 4) is 0 Å². The second kappa shape index (κ2) is 3.95. The zero-order valence-corrected chi connectivity index (χ0v) is 9.49. The van der Waals surface area contributed by atoms with Gasteiger partial charge in [0.1, 0.15) is 0 Å². The van der Waals surface area contributed by atoms with Crippen LogP contribution in [0.5, 0.6) is 0 Å². The standard InChI is InChI=1S/C13H20/c1-6-12-8-9(3)10(4)11(5)13(12)7-2/h8H,6-7H2,1-5H3. The minimum atomic E-state index is 1.16. The van der Waals surface area contributed by atoms with E-state index in [-0.39, 0.29) is 0 Å². The summed E-state index contributed by atoms with van der Waals surface area (Å²) in [4.78, 5) is 0. The third kappa shape index (κ3) is 1.77. The first-order chi connectivity index (χ1) is 6.11. The molecule has 0 amide bonds. The fourth-order valence-corrected chi connectivity index (χ4v) is 2.03. The molecule has 0 aliphatic rings. The van der Waals surface area contributed by atoms with E-state index in [1.165, 1.54) is 22.3 Å². The Morgan fingerprint density at radius 2 is 1.54 bits per heavy atom. The molecule has 0 saturated heterocycles. The fourth-order valence-electron chi connectivity index (χ4n) is 2.03. The highest BCUT2D eigenvalue weighted by molar-refractivity contribution is 5.44. The van der Waals surface area contributed by atoms with Crippen LogP contribution in [-0.4, -0.2) is 0 Å². The van der Waals surface area contributed by atoms with Gasteiger partial charge in [-0.15, -0.1) is 0 Å². The molecule has 0 atom stereocenters. The van der Waals surface area contributed by atoms with Crippen molar-refractivity contribution in [2.75, 3.05) is 0 Å². The minimum Gasteiger partial charge on any atom is -0.0613 e. The van der Waals surface area contributed by atoms with Gasteiger partial charge in [0.2, 0.25) is 0 Å². The van der Waals surface area contributed by atoms with Gasteiger partial charge in [-0.1, -0.05) is 19.9 Å². The number of rotatable bonds is 2. The van der Waals surface area contributed by atoms with Crippen LogP contribution in [0.1, 0.15) is 41.7 Å². The van der Waals surface area contributed by atoms with Crippen LogP contribution >= 0.6 is 0 Å². The van der Waals surface area contributed by atoms with Gasteiger partial charge in [0.05, 0.1) is 0 Å². The van der Waals surface area contributed by atoms with Crippen molar-refractivity contribution in [1.82, 2.24) is 0 Å². The van der Waals surface area contributed by atoms with Crippen molar-refractivity contribution in [3.63, 3.8) is 0 Å². The first kappa shape index (κ1) is 10.3. The molecule has 72 valence electrons. The molecule has 0 saturated carbocycles. The van der Waals surface area contributed by atoms with Crippen LogP contribution in [-0.2, 0) is 12.8 Å². The van der Waals surface area contributed by atoms with Gasteiger partial charge in [0.15, 0.2) is 0 Å². The lowest BCUT2D eigenvalue weighted by molar-refractivity contribution is 1.000. The lowest BCUT2D eigenvalue weighted by atomic mass is 9.91. The van der Waals surface area contributed by atoms with E-state index in [0.717, 1.165) is 12.8 Å². The maximum atomic E-state index is 2.35. The van der Waals surface area contributed by atoms with Crippen molar-refractivity contribution < 1.29 is 0 Å². The van der Waals surface area contributed by atoms with E-state index in [1.807, 2.05) is 0 Å². The fraction of sp³-hybridized carbons (Fsp3) is 0.538. The monoisotopic (exact) mass is 176 g/mol. The summed E-state index contributed by atoms with van der Waals surface area (Å²) < 4.78 is 0. The zero-order valence-electron chi connectivity index (χ0n) is 9.49. The molecule has 1 rings (SSSR count). The quantitative estimate of drug-likeness (QED) is 0.644. The predicted octanol–water partition coefficient (Wildman–Crippen LogP) is 3.74. The summed E-state index contributed by atoms with van der Waals surface area (Å²) in [5.74, 6) is 0. The van der Waals surface area contributed by atoms with E-state index >= 15 is 0 Å². The highest BCUT2D eigenvalue weighted by Crippen LogP contribution is 2.22. The highest BCUT2D eigenvalue weighted by atomic mass is 14.1. The first-order valence-corrected chi connectivity index (χ1v) is 5.20. The molecular formula is C13H20. The Labute approximate surface area is 82.0 Å². The Morgan fingerprint density at radius 1 is 0.923 bits per heavy atom. The average Bonchev–Trinajstić information content (AvgIpc) is 2.13. The molecule has 0 aliphatic heterocycles. The van der Waals surface area contributed by atoms with Crippen molar-refractivity contribution in [2.24, 2.45) is 0 Å². The molecule has 0 N–H and O–H groups in total. The van der Waals surface area contributed by atoms with Crippen molar-refractivity contribution in [3.05, 3.63) is 33.9 Å². The number of hydrogen-bond donors (Lipinski definition) is 0. The van der Waals surface area contributed by atoms with Crippen LogP contribution in [0.25, 0.3) is 0 Å². The molecule has 0 fully saturated rings. The van der Waals surface area contributed by atoms with Gasteiger partial charge in [-0.05, 0) is 61.4 Å². The van der Waals surface area contributed by atoms with Crippen LogP contribution in [0.4, 0.5) is 0 Å². The van der Waals surface area contributed by atoms with Gasteiger partial charge in [-0.2, -0.15) is 0 Å². The molecule has 1 aromatic carbocycles. The molecule has 0 heteroatoms. The van der Waals surface area contributed by atoms with Crippen LogP contribution in [0, 0.1) is 20.8 Å². The summed E-state index contributed by atoms with van der Waals surface area (Å²) in [7, 11) is 0. The second-order valence-electron chi connectivity index (χ2n) is 3.79. The Balaban J connectivity index is 3.39. The second-order valence-corrected chi connectivity index (χ2v) is 3.79. The van der Waals surface area contributed by atoms with E-state index in [9.17, 15) is 0 Å². The Hall–Kier alpha value is -0.780. The molecule has 0 radical (unpaired) electrons. The molecule has 0 spiro atoms. The highest BCUT2D eigenvalue weighted by Gasteiger charge is 2.07. The molecule has 1 aromatic rings. The summed E-state index contributed by atoms with van der Waals surface area (Å²) in [6.07, 6.45) is 2.32. The summed E-state index contributed by atoms with van der Waals surface area (Å²) in [6, 6.07) is 2.35. The van der Waals surface area contributed by atoms with Crippen molar-refractivity contribution >= 4 is 0 Å². The topological polar surface area (TPSA) is 0 Å². The van der Waals surface area contributed by atoms with Gasteiger partial charge in [-0.25, -0.2) is 0 Å². The van der Waals surface area contributed by atoms with Gasteiger partial charge < -0.3 is 0 Å². The third-order valence-electron chi connectivity index (χ3n) is 3.12. The maximum Gasteiger partial charge on any atom is -0.0302 e. The molecule has 0 nitrogen and oxygen atoms in total. The Kier molecular flexibility index (Phi) is 3.13. The largest absolute Gasteiger partial charge is 0.0613 e. The maximum absolute atomic E-state index is 2.35. The first-order valence-electron chi connectivity index (χ1n) is 5.20. The van der Waals surface area contributed by atoms with Crippen molar-refractivity contribution in [1.29, 1.82) is 0 Å².